The first-order valence-electron chi connectivity index (χ1n) is 6.21. The molecule has 0 amide bonds. The van der Waals surface area contributed by atoms with Gasteiger partial charge < -0.3 is 5.11 Å². The van der Waals surface area contributed by atoms with Crippen LogP contribution in [0.5, 0.6) is 5.75 Å². The Kier molecular flexibility index (Phi) is 4.47. The molecule has 0 bridgehead atoms. The number of para-hydroxylation sites is 1. The molecule has 1 atom stereocenters. The average molecular weight is 311 g/mol. The number of benzene rings is 1. The van der Waals surface area contributed by atoms with Crippen molar-refractivity contribution in [1.82, 2.24) is 4.31 Å². The molecule has 6 heteroatoms. The van der Waals surface area contributed by atoms with E-state index in [1.165, 1.54) is 16.4 Å². The lowest BCUT2D eigenvalue weighted by molar-refractivity contribution is 0.383. The van der Waals surface area contributed by atoms with Gasteiger partial charge in [0.05, 0.1) is 0 Å². The average Bonchev–Trinajstić information content (AvgIpc) is 2.90. The van der Waals surface area contributed by atoms with Gasteiger partial charge in [0.2, 0.25) is 10.0 Å². The highest BCUT2D eigenvalue weighted by molar-refractivity contribution is 7.89. The van der Waals surface area contributed by atoms with Gasteiger partial charge in [0.15, 0.2) is 0 Å². The Morgan fingerprint density at radius 2 is 1.95 bits per heavy atom. The van der Waals surface area contributed by atoms with Crippen molar-refractivity contribution in [3.63, 3.8) is 0 Å². The van der Waals surface area contributed by atoms with Crippen LogP contribution in [0, 0.1) is 0 Å². The van der Waals surface area contributed by atoms with Crippen LogP contribution in [0.25, 0.3) is 0 Å². The molecule has 0 aliphatic heterocycles. The predicted octanol–water partition coefficient (Wildman–Crippen LogP) is 2.71. The fraction of sp³-hybridized carbons (Fsp3) is 0.286. The van der Waals surface area contributed by atoms with E-state index in [0.29, 0.717) is 6.42 Å². The highest BCUT2D eigenvalue weighted by Crippen LogP contribution is 2.26. The van der Waals surface area contributed by atoms with Gasteiger partial charge in [-0.1, -0.05) is 18.2 Å². The summed E-state index contributed by atoms with van der Waals surface area (Å²) in [5.74, 6) is -0.220. The Labute approximate surface area is 123 Å². The minimum Gasteiger partial charge on any atom is -0.507 e. The van der Waals surface area contributed by atoms with Crippen LogP contribution in [0.1, 0.15) is 11.8 Å². The topological polar surface area (TPSA) is 57.6 Å². The normalized spacial score (nSPS) is 13.6. The summed E-state index contributed by atoms with van der Waals surface area (Å²) in [4.78, 5) is 1.08. The van der Waals surface area contributed by atoms with Crippen molar-refractivity contribution in [2.45, 2.75) is 24.3 Å². The van der Waals surface area contributed by atoms with Crippen molar-refractivity contribution in [2.75, 3.05) is 7.05 Å². The van der Waals surface area contributed by atoms with Crippen LogP contribution < -0.4 is 0 Å². The Balaban J connectivity index is 2.23. The number of aromatic hydroxyl groups is 1. The molecule has 1 aromatic heterocycles. The second-order valence-electron chi connectivity index (χ2n) is 4.62. The fourth-order valence-corrected chi connectivity index (χ4v) is 4.18. The van der Waals surface area contributed by atoms with Gasteiger partial charge in [0.25, 0.3) is 0 Å². The Hall–Kier alpha value is -1.37. The van der Waals surface area contributed by atoms with Crippen molar-refractivity contribution in [3.8, 4) is 5.75 Å². The second kappa shape index (κ2) is 5.95. The minimum absolute atomic E-state index is 0.0551. The summed E-state index contributed by atoms with van der Waals surface area (Å²) in [5, 5.41) is 11.7. The summed E-state index contributed by atoms with van der Waals surface area (Å²) in [6, 6.07) is 9.75. The number of rotatable bonds is 5. The Morgan fingerprint density at radius 3 is 2.55 bits per heavy atom. The highest BCUT2D eigenvalue weighted by Gasteiger charge is 2.27. The predicted molar refractivity (Wildman–Crippen MR) is 80.5 cm³/mol. The third kappa shape index (κ3) is 3.03. The lowest BCUT2D eigenvalue weighted by Crippen LogP contribution is -2.36. The first kappa shape index (κ1) is 15.0. The Bertz CT molecular complexity index is 665. The molecule has 1 aromatic carbocycles. The molecule has 0 fully saturated rings. The zero-order chi connectivity index (χ0) is 14.8. The lowest BCUT2D eigenvalue weighted by Gasteiger charge is -2.24. The number of sulfonamides is 1. The molecular formula is C14H17NO3S2. The highest BCUT2D eigenvalue weighted by atomic mass is 32.2. The van der Waals surface area contributed by atoms with E-state index in [2.05, 4.69) is 0 Å². The summed E-state index contributed by atoms with van der Waals surface area (Å²) in [6.07, 6.45) is 0.654. The maximum absolute atomic E-state index is 12.5. The molecule has 108 valence electrons. The first-order valence-corrected chi connectivity index (χ1v) is 8.53. The van der Waals surface area contributed by atoms with Gasteiger partial charge in [-0.25, -0.2) is 8.42 Å². The van der Waals surface area contributed by atoms with E-state index in [4.69, 9.17) is 0 Å². The van der Waals surface area contributed by atoms with Crippen molar-refractivity contribution >= 4 is 21.4 Å². The van der Waals surface area contributed by atoms with Gasteiger partial charge >= 0.3 is 0 Å². The molecule has 2 aromatic rings. The summed E-state index contributed by atoms with van der Waals surface area (Å²) in [5.41, 5.74) is 0. The molecule has 0 saturated carbocycles. The van der Waals surface area contributed by atoms with Crippen LogP contribution in [0.2, 0.25) is 0 Å². The number of likely N-dealkylation sites (N-methyl/N-ethyl adjacent to an activating group) is 1. The maximum Gasteiger partial charge on any atom is 0.246 e. The fourth-order valence-electron chi connectivity index (χ4n) is 1.92. The van der Waals surface area contributed by atoms with Crippen LogP contribution in [0.15, 0.2) is 46.7 Å². The van der Waals surface area contributed by atoms with Crippen LogP contribution in [-0.2, 0) is 16.4 Å². The number of phenolic OH excluding ortho intramolecular Hbond substituents is 1. The molecule has 0 aliphatic rings. The SMILES string of the molecule is CC(Cc1cccs1)N(C)S(=O)(=O)c1ccccc1O. The molecule has 0 radical (unpaired) electrons. The molecule has 2 rings (SSSR count). The zero-order valence-electron chi connectivity index (χ0n) is 11.4. The molecule has 1 unspecified atom stereocenters. The van der Waals surface area contributed by atoms with Crippen molar-refractivity contribution < 1.29 is 13.5 Å². The van der Waals surface area contributed by atoms with E-state index in [-0.39, 0.29) is 16.7 Å². The molecular weight excluding hydrogens is 294 g/mol. The van der Waals surface area contributed by atoms with Crippen LogP contribution in [0.3, 0.4) is 0 Å². The molecule has 1 N–H and O–H groups in total. The van der Waals surface area contributed by atoms with E-state index in [0.717, 1.165) is 4.88 Å². The van der Waals surface area contributed by atoms with Crippen LogP contribution >= 0.6 is 11.3 Å². The van der Waals surface area contributed by atoms with Gasteiger partial charge in [0, 0.05) is 18.0 Å². The molecule has 4 nitrogen and oxygen atoms in total. The third-order valence-corrected chi connectivity index (χ3v) is 6.14. The van der Waals surface area contributed by atoms with Gasteiger partial charge in [-0.15, -0.1) is 11.3 Å². The van der Waals surface area contributed by atoms with Crippen molar-refractivity contribution in [1.29, 1.82) is 0 Å². The third-order valence-electron chi connectivity index (χ3n) is 3.22. The lowest BCUT2D eigenvalue weighted by atomic mass is 10.2. The van der Waals surface area contributed by atoms with E-state index < -0.39 is 10.0 Å². The van der Waals surface area contributed by atoms with Gasteiger partial charge in [0.1, 0.15) is 10.6 Å². The molecule has 0 saturated heterocycles. The first-order chi connectivity index (χ1) is 9.43. The Morgan fingerprint density at radius 1 is 1.25 bits per heavy atom. The van der Waals surface area contributed by atoms with Crippen LogP contribution in [0.4, 0.5) is 0 Å². The van der Waals surface area contributed by atoms with E-state index in [9.17, 15) is 13.5 Å². The summed E-state index contributed by atoms with van der Waals surface area (Å²) in [7, 11) is -2.14. The zero-order valence-corrected chi connectivity index (χ0v) is 13.0. The standard InChI is InChI=1S/C14H17NO3S2/c1-11(10-12-6-5-9-19-12)15(2)20(17,18)14-8-4-3-7-13(14)16/h3-9,11,16H,10H2,1-2H3. The van der Waals surface area contributed by atoms with Crippen molar-refractivity contribution in [3.05, 3.63) is 46.7 Å². The maximum atomic E-state index is 12.5. The van der Waals surface area contributed by atoms with E-state index in [1.807, 2.05) is 24.4 Å². The monoisotopic (exact) mass is 311 g/mol. The molecule has 20 heavy (non-hydrogen) atoms. The van der Waals surface area contributed by atoms with Crippen LogP contribution in [-0.4, -0.2) is 30.9 Å². The van der Waals surface area contributed by atoms with E-state index in [1.54, 1.807) is 30.5 Å². The van der Waals surface area contributed by atoms with Crippen molar-refractivity contribution in [2.24, 2.45) is 0 Å². The van der Waals surface area contributed by atoms with Gasteiger partial charge in [-0.05, 0) is 36.9 Å². The second-order valence-corrected chi connectivity index (χ2v) is 7.62. The molecule has 0 spiro atoms. The smallest absolute Gasteiger partial charge is 0.246 e. The minimum atomic E-state index is -3.68. The number of phenols is 1. The largest absolute Gasteiger partial charge is 0.507 e. The van der Waals surface area contributed by atoms with Gasteiger partial charge in [-0.3, -0.25) is 0 Å². The van der Waals surface area contributed by atoms with Gasteiger partial charge in [-0.2, -0.15) is 4.31 Å². The molecule has 1 heterocycles. The summed E-state index contributed by atoms with van der Waals surface area (Å²) >= 11 is 1.61. The number of thiophene rings is 1. The quantitative estimate of drug-likeness (QED) is 0.923. The number of hydrogen-bond acceptors (Lipinski definition) is 4. The molecule has 0 aliphatic carbocycles. The summed E-state index contributed by atoms with van der Waals surface area (Å²) < 4.78 is 26.3. The number of hydrogen-bond donors (Lipinski definition) is 1. The number of nitrogens with zero attached hydrogens (tertiary/aromatic N) is 1. The summed E-state index contributed by atoms with van der Waals surface area (Å²) in [6.45, 7) is 1.86. The van der Waals surface area contributed by atoms with E-state index >= 15 is 0 Å².